The second-order valence-corrected chi connectivity index (χ2v) is 5.67. The van der Waals surface area contributed by atoms with Gasteiger partial charge in [0, 0.05) is 10.5 Å². The number of aromatic nitrogens is 2. The summed E-state index contributed by atoms with van der Waals surface area (Å²) in [6, 6.07) is 7.54. The van der Waals surface area contributed by atoms with Crippen LogP contribution in [0.25, 0.3) is 16.7 Å². The predicted octanol–water partition coefficient (Wildman–Crippen LogP) is 4.74. The van der Waals surface area contributed by atoms with Gasteiger partial charge in [0.15, 0.2) is 16.4 Å². The van der Waals surface area contributed by atoms with Crippen LogP contribution in [0.15, 0.2) is 34.8 Å². The van der Waals surface area contributed by atoms with E-state index in [1.54, 1.807) is 18.2 Å². The Kier molecular flexibility index (Phi) is 3.54. The maximum atomic E-state index is 14.2. The van der Waals surface area contributed by atoms with E-state index in [0.717, 1.165) is 0 Å². The topological polar surface area (TPSA) is 29.9 Å². The van der Waals surface area contributed by atoms with Crippen molar-refractivity contribution in [3.05, 3.63) is 51.2 Å². The molecule has 1 N–H and O–H groups in total. The Hall–Kier alpha value is -1.73. The predicted molar refractivity (Wildman–Crippen MR) is 82.6 cm³/mol. The fraction of sp³-hybridized carbons (Fsp3) is 0.0714. The molecule has 0 atom stereocenters. The lowest BCUT2D eigenvalue weighted by Gasteiger charge is -2.09. The van der Waals surface area contributed by atoms with Crippen molar-refractivity contribution in [1.29, 1.82) is 0 Å². The zero-order valence-electron chi connectivity index (χ0n) is 10.8. The van der Waals surface area contributed by atoms with E-state index in [1.807, 2.05) is 0 Å². The van der Waals surface area contributed by atoms with E-state index in [9.17, 15) is 8.78 Å². The number of ether oxygens (including phenoxy) is 1. The Morgan fingerprint density at radius 1 is 1.19 bits per heavy atom. The molecule has 3 nitrogen and oxygen atoms in total. The van der Waals surface area contributed by atoms with Gasteiger partial charge in [-0.1, -0.05) is 15.9 Å². The van der Waals surface area contributed by atoms with Gasteiger partial charge < -0.3 is 9.72 Å². The van der Waals surface area contributed by atoms with Crippen LogP contribution >= 0.6 is 28.1 Å². The van der Waals surface area contributed by atoms with Crippen molar-refractivity contribution in [2.45, 2.75) is 0 Å². The summed E-state index contributed by atoms with van der Waals surface area (Å²) in [4.78, 5) is 2.92. The van der Waals surface area contributed by atoms with Gasteiger partial charge in [0.25, 0.3) is 0 Å². The lowest BCUT2D eigenvalue weighted by Crippen LogP contribution is -2.02. The standard InChI is InChI=1S/C14H9BrF2N2OS/c1-20-8-2-3-11-12(6-8)19(14(21)18-11)13-9(16)4-7(15)5-10(13)17/h2-6H,1H3,(H,18,21). The number of rotatable bonds is 2. The third-order valence-electron chi connectivity index (χ3n) is 3.10. The van der Waals surface area contributed by atoms with Gasteiger partial charge in [-0.2, -0.15) is 0 Å². The Balaban J connectivity index is 2.40. The minimum atomic E-state index is -0.707. The molecule has 0 aliphatic carbocycles. The number of H-pyrrole nitrogens is 1. The SMILES string of the molecule is COc1ccc2[nH]c(=S)n(-c3c(F)cc(Br)cc3F)c2c1. The largest absolute Gasteiger partial charge is 0.497 e. The van der Waals surface area contributed by atoms with Crippen molar-refractivity contribution in [1.82, 2.24) is 9.55 Å². The molecule has 2 aromatic carbocycles. The molecule has 21 heavy (non-hydrogen) atoms. The fourth-order valence-corrected chi connectivity index (χ4v) is 2.88. The van der Waals surface area contributed by atoms with Gasteiger partial charge >= 0.3 is 0 Å². The first-order valence-corrected chi connectivity index (χ1v) is 7.15. The smallest absolute Gasteiger partial charge is 0.182 e. The van der Waals surface area contributed by atoms with Crippen molar-refractivity contribution >= 4 is 39.2 Å². The number of imidazole rings is 1. The van der Waals surface area contributed by atoms with E-state index in [2.05, 4.69) is 20.9 Å². The van der Waals surface area contributed by atoms with E-state index < -0.39 is 11.6 Å². The number of benzene rings is 2. The maximum Gasteiger partial charge on any atom is 0.182 e. The third-order valence-corrected chi connectivity index (χ3v) is 3.84. The highest BCUT2D eigenvalue weighted by Gasteiger charge is 2.17. The molecule has 0 amide bonds. The first-order valence-electron chi connectivity index (χ1n) is 5.95. The zero-order valence-corrected chi connectivity index (χ0v) is 13.2. The molecule has 0 aliphatic heterocycles. The number of hydrogen-bond donors (Lipinski definition) is 1. The average Bonchev–Trinajstić information content (AvgIpc) is 2.73. The summed E-state index contributed by atoms with van der Waals surface area (Å²) in [7, 11) is 1.52. The van der Waals surface area contributed by atoms with Crippen LogP contribution in [-0.2, 0) is 0 Å². The minimum absolute atomic E-state index is 0.207. The van der Waals surface area contributed by atoms with Crippen molar-refractivity contribution in [2.24, 2.45) is 0 Å². The molecule has 0 fully saturated rings. The quantitative estimate of drug-likeness (QED) is 0.660. The average molecular weight is 371 g/mol. The number of fused-ring (bicyclic) bond motifs is 1. The zero-order chi connectivity index (χ0) is 15.1. The minimum Gasteiger partial charge on any atom is -0.497 e. The first kappa shape index (κ1) is 14.2. The van der Waals surface area contributed by atoms with Crippen LogP contribution in [0.3, 0.4) is 0 Å². The molecule has 0 bridgehead atoms. The van der Waals surface area contributed by atoms with E-state index in [1.165, 1.54) is 23.8 Å². The fourth-order valence-electron chi connectivity index (χ4n) is 2.18. The van der Waals surface area contributed by atoms with Gasteiger partial charge in [-0.3, -0.25) is 4.57 Å². The number of nitrogens with one attached hydrogen (secondary N) is 1. The Bertz CT molecular complexity index is 881. The summed E-state index contributed by atoms with van der Waals surface area (Å²) in [5, 5.41) is 0. The molecule has 7 heteroatoms. The number of nitrogens with zero attached hydrogens (tertiary/aromatic N) is 1. The summed E-state index contributed by atoms with van der Waals surface area (Å²) in [6.45, 7) is 0. The molecular weight excluding hydrogens is 362 g/mol. The van der Waals surface area contributed by atoms with Gasteiger partial charge in [0.2, 0.25) is 0 Å². The van der Waals surface area contributed by atoms with Crippen LogP contribution in [0.1, 0.15) is 0 Å². The molecule has 0 spiro atoms. The molecule has 0 saturated heterocycles. The van der Waals surface area contributed by atoms with Gasteiger partial charge in [-0.15, -0.1) is 0 Å². The Morgan fingerprint density at radius 3 is 2.48 bits per heavy atom. The first-order chi connectivity index (χ1) is 10.0. The van der Waals surface area contributed by atoms with Crippen molar-refractivity contribution < 1.29 is 13.5 Å². The molecule has 1 aromatic heterocycles. The molecule has 3 aromatic rings. The molecule has 0 radical (unpaired) electrons. The van der Waals surface area contributed by atoms with Crippen LogP contribution < -0.4 is 4.74 Å². The van der Waals surface area contributed by atoms with Crippen LogP contribution in [0, 0.1) is 16.4 Å². The summed E-state index contributed by atoms with van der Waals surface area (Å²) in [5.41, 5.74) is 0.990. The van der Waals surface area contributed by atoms with Gasteiger partial charge in [0.1, 0.15) is 11.4 Å². The highest BCUT2D eigenvalue weighted by molar-refractivity contribution is 9.10. The Labute approximate surface area is 132 Å². The molecule has 0 saturated carbocycles. The summed E-state index contributed by atoms with van der Waals surface area (Å²) in [5.74, 6) is -0.841. The van der Waals surface area contributed by atoms with Crippen LogP contribution in [0.2, 0.25) is 0 Å². The molecular formula is C14H9BrF2N2OS. The van der Waals surface area contributed by atoms with Crippen molar-refractivity contribution in [2.75, 3.05) is 7.11 Å². The highest BCUT2D eigenvalue weighted by atomic mass is 79.9. The molecule has 108 valence electrons. The van der Waals surface area contributed by atoms with E-state index in [-0.39, 0.29) is 10.5 Å². The molecule has 3 rings (SSSR count). The van der Waals surface area contributed by atoms with Crippen molar-refractivity contribution in [3.8, 4) is 11.4 Å². The highest BCUT2D eigenvalue weighted by Crippen LogP contribution is 2.28. The number of halogens is 3. The number of hydrogen-bond acceptors (Lipinski definition) is 2. The molecule has 1 heterocycles. The van der Waals surface area contributed by atoms with Gasteiger partial charge in [0.05, 0.1) is 18.1 Å². The lowest BCUT2D eigenvalue weighted by atomic mass is 10.2. The van der Waals surface area contributed by atoms with E-state index in [4.69, 9.17) is 17.0 Å². The molecule has 0 aliphatic rings. The van der Waals surface area contributed by atoms with E-state index in [0.29, 0.717) is 21.3 Å². The normalized spacial score (nSPS) is 11.0. The third kappa shape index (κ3) is 2.36. The summed E-state index contributed by atoms with van der Waals surface area (Å²) < 4.78 is 35.4. The molecule has 0 unspecified atom stereocenters. The monoisotopic (exact) mass is 370 g/mol. The lowest BCUT2D eigenvalue weighted by molar-refractivity contribution is 0.415. The second kappa shape index (κ2) is 5.23. The summed E-state index contributed by atoms with van der Waals surface area (Å²) >= 11 is 8.25. The van der Waals surface area contributed by atoms with Gasteiger partial charge in [-0.05, 0) is 36.5 Å². The number of methoxy groups -OCH3 is 1. The van der Waals surface area contributed by atoms with Gasteiger partial charge in [-0.25, -0.2) is 8.78 Å². The maximum absolute atomic E-state index is 14.2. The van der Waals surface area contributed by atoms with Crippen LogP contribution in [0.5, 0.6) is 5.75 Å². The second-order valence-electron chi connectivity index (χ2n) is 4.37. The Morgan fingerprint density at radius 2 is 1.86 bits per heavy atom. The van der Waals surface area contributed by atoms with Crippen LogP contribution in [-0.4, -0.2) is 16.7 Å². The van der Waals surface area contributed by atoms with Crippen LogP contribution in [0.4, 0.5) is 8.78 Å². The van der Waals surface area contributed by atoms with Crippen molar-refractivity contribution in [3.63, 3.8) is 0 Å². The van der Waals surface area contributed by atoms with E-state index >= 15 is 0 Å². The summed E-state index contributed by atoms with van der Waals surface area (Å²) in [6.07, 6.45) is 0. The number of aromatic amines is 1.